The Bertz CT molecular complexity index is 1510. The molecule has 46 heavy (non-hydrogen) atoms. The standard InChI is InChI=1S/C30H38F3N7O5S/c31-30(32,33)29-37-25(39-16-11-21(12-17-39)3-1-5-27(41)35-14-18-46(43,44)45)19-26(38-29)40-15-2-4-24(40)28(42)36-13-10-22-6-8-23(20-34)9-7-22/h6-9,19,21,24H,1-5,10-18H2,(H,35,41)(H,36,42)(H,43,44,45)/t24-/m0/s1. The summed E-state index contributed by atoms with van der Waals surface area (Å²) < 4.78 is 72.0. The monoisotopic (exact) mass is 665 g/mol. The van der Waals surface area contributed by atoms with Crippen molar-refractivity contribution < 1.29 is 35.7 Å². The fourth-order valence-electron chi connectivity index (χ4n) is 5.78. The summed E-state index contributed by atoms with van der Waals surface area (Å²) in [5.41, 5.74) is 1.48. The number of carbonyl (C=O) groups excluding carboxylic acids is 2. The lowest BCUT2D eigenvalue weighted by Gasteiger charge is -2.34. The molecule has 0 radical (unpaired) electrons. The third-order valence-electron chi connectivity index (χ3n) is 8.24. The number of aromatic nitrogens is 2. The summed E-state index contributed by atoms with van der Waals surface area (Å²) in [4.78, 5) is 36.1. The molecular weight excluding hydrogens is 627 g/mol. The highest BCUT2D eigenvalue weighted by atomic mass is 32.2. The number of nitrogens with zero attached hydrogens (tertiary/aromatic N) is 5. The normalized spacial score (nSPS) is 17.5. The van der Waals surface area contributed by atoms with Crippen LogP contribution in [0.25, 0.3) is 0 Å². The molecule has 1 atom stereocenters. The molecule has 3 heterocycles. The van der Waals surface area contributed by atoms with Crippen LogP contribution in [0.4, 0.5) is 24.8 Å². The molecule has 2 aromatic rings. The quantitative estimate of drug-likeness (QED) is 0.271. The minimum Gasteiger partial charge on any atom is -0.356 e. The van der Waals surface area contributed by atoms with Gasteiger partial charge in [0.05, 0.1) is 17.4 Å². The van der Waals surface area contributed by atoms with Gasteiger partial charge in [-0.25, -0.2) is 9.97 Å². The number of nitriles is 1. The van der Waals surface area contributed by atoms with Gasteiger partial charge in [-0.1, -0.05) is 12.1 Å². The third kappa shape index (κ3) is 10.3. The van der Waals surface area contributed by atoms with Crippen molar-refractivity contribution in [1.82, 2.24) is 20.6 Å². The van der Waals surface area contributed by atoms with Gasteiger partial charge in [-0.3, -0.25) is 14.1 Å². The zero-order valence-electron chi connectivity index (χ0n) is 25.3. The van der Waals surface area contributed by atoms with Gasteiger partial charge in [0.2, 0.25) is 17.6 Å². The van der Waals surface area contributed by atoms with E-state index >= 15 is 0 Å². The molecule has 2 fully saturated rings. The van der Waals surface area contributed by atoms with Crippen molar-refractivity contribution in [3.8, 4) is 6.07 Å². The summed E-state index contributed by atoms with van der Waals surface area (Å²) in [6.45, 7) is 1.49. The van der Waals surface area contributed by atoms with Crippen LogP contribution in [0.1, 0.15) is 61.9 Å². The molecule has 2 saturated heterocycles. The fourth-order valence-corrected chi connectivity index (χ4v) is 6.14. The summed E-state index contributed by atoms with van der Waals surface area (Å²) >= 11 is 0. The van der Waals surface area contributed by atoms with Gasteiger partial charge in [0, 0.05) is 45.2 Å². The number of nitrogens with one attached hydrogen (secondary N) is 2. The second-order valence-corrected chi connectivity index (χ2v) is 13.1. The van der Waals surface area contributed by atoms with Crippen LogP contribution in [0, 0.1) is 17.2 Å². The number of rotatable bonds is 13. The maximum atomic E-state index is 13.9. The Labute approximate surface area is 266 Å². The van der Waals surface area contributed by atoms with Crippen molar-refractivity contribution in [2.45, 2.75) is 63.6 Å². The average Bonchev–Trinajstić information content (AvgIpc) is 3.51. The van der Waals surface area contributed by atoms with Crippen LogP contribution in [0.5, 0.6) is 0 Å². The number of benzene rings is 1. The largest absolute Gasteiger partial charge is 0.451 e. The first kappa shape index (κ1) is 34.9. The van der Waals surface area contributed by atoms with Gasteiger partial charge in [-0.2, -0.15) is 26.9 Å². The maximum Gasteiger partial charge on any atom is 0.451 e. The second-order valence-electron chi connectivity index (χ2n) is 11.6. The van der Waals surface area contributed by atoms with E-state index in [1.54, 1.807) is 21.9 Å². The highest BCUT2D eigenvalue weighted by Gasteiger charge is 2.39. The van der Waals surface area contributed by atoms with Gasteiger partial charge in [0.1, 0.15) is 17.7 Å². The molecule has 4 rings (SSSR count). The molecule has 0 saturated carbocycles. The Morgan fingerprint density at radius 2 is 1.72 bits per heavy atom. The number of hydrogen-bond donors (Lipinski definition) is 3. The lowest BCUT2D eigenvalue weighted by atomic mass is 9.91. The molecule has 0 spiro atoms. The molecule has 0 bridgehead atoms. The van der Waals surface area contributed by atoms with Crippen LogP contribution in [0.3, 0.4) is 0 Å². The van der Waals surface area contributed by atoms with Crippen molar-refractivity contribution in [2.24, 2.45) is 5.92 Å². The first-order chi connectivity index (χ1) is 21.8. The summed E-state index contributed by atoms with van der Waals surface area (Å²) in [6.07, 6.45) is -0.230. The van der Waals surface area contributed by atoms with E-state index in [2.05, 4.69) is 26.7 Å². The van der Waals surface area contributed by atoms with E-state index < -0.39 is 33.9 Å². The molecule has 250 valence electrons. The number of hydrogen-bond acceptors (Lipinski definition) is 9. The molecular formula is C30H38F3N7O5S. The van der Waals surface area contributed by atoms with E-state index in [0.29, 0.717) is 70.3 Å². The number of anilines is 2. The van der Waals surface area contributed by atoms with Crippen molar-refractivity contribution >= 4 is 33.6 Å². The van der Waals surface area contributed by atoms with Gasteiger partial charge in [0.15, 0.2) is 0 Å². The van der Waals surface area contributed by atoms with E-state index in [9.17, 15) is 31.2 Å². The van der Waals surface area contributed by atoms with E-state index in [0.717, 1.165) is 12.0 Å². The van der Waals surface area contributed by atoms with Gasteiger partial charge < -0.3 is 20.4 Å². The first-order valence-electron chi connectivity index (χ1n) is 15.3. The number of piperidine rings is 1. The predicted octanol–water partition coefficient (Wildman–Crippen LogP) is 3.09. The van der Waals surface area contributed by atoms with Gasteiger partial charge in [0.25, 0.3) is 10.1 Å². The Hall–Kier alpha value is -3.97. The minimum atomic E-state index is -4.77. The maximum absolute atomic E-state index is 13.9. The average molecular weight is 666 g/mol. The van der Waals surface area contributed by atoms with Crippen molar-refractivity contribution in [2.75, 3.05) is 48.3 Å². The summed E-state index contributed by atoms with van der Waals surface area (Å²) in [5.74, 6) is -1.92. The van der Waals surface area contributed by atoms with Crippen LogP contribution in [-0.2, 0) is 32.3 Å². The Kier molecular flexibility index (Phi) is 11.8. The minimum absolute atomic E-state index is 0.0594. The van der Waals surface area contributed by atoms with Crippen LogP contribution in [0.2, 0.25) is 0 Å². The smallest absolute Gasteiger partial charge is 0.356 e. The summed E-state index contributed by atoms with van der Waals surface area (Å²) in [7, 11) is -4.14. The van der Waals surface area contributed by atoms with Crippen LogP contribution < -0.4 is 20.4 Å². The van der Waals surface area contributed by atoms with Gasteiger partial charge in [-0.05, 0) is 68.6 Å². The lowest BCUT2D eigenvalue weighted by molar-refractivity contribution is -0.144. The Balaban J connectivity index is 1.33. The first-order valence-corrected chi connectivity index (χ1v) is 16.9. The lowest BCUT2D eigenvalue weighted by Crippen LogP contribution is -2.44. The molecule has 0 aliphatic carbocycles. The second kappa shape index (κ2) is 15.5. The molecule has 2 amide bonds. The number of halogens is 3. The van der Waals surface area contributed by atoms with Crippen molar-refractivity contribution in [3.63, 3.8) is 0 Å². The summed E-state index contributed by atoms with van der Waals surface area (Å²) in [5, 5.41) is 14.3. The van der Waals surface area contributed by atoms with Gasteiger partial charge >= 0.3 is 6.18 Å². The molecule has 2 aliphatic heterocycles. The van der Waals surface area contributed by atoms with Crippen LogP contribution in [-0.4, -0.2) is 79.3 Å². The molecule has 3 N–H and O–H groups in total. The van der Waals surface area contributed by atoms with Crippen LogP contribution >= 0.6 is 0 Å². The van der Waals surface area contributed by atoms with E-state index in [4.69, 9.17) is 9.81 Å². The van der Waals surface area contributed by atoms with E-state index in [1.807, 2.05) is 12.1 Å². The predicted molar refractivity (Wildman–Crippen MR) is 163 cm³/mol. The SMILES string of the molecule is N#Cc1ccc(CCNC(=O)[C@@H]2CCCN2c2cc(N3CCC(CCCC(=O)NCCS(=O)(=O)O)CC3)nc(C(F)(F)F)n2)cc1. The Morgan fingerprint density at radius 1 is 1.02 bits per heavy atom. The molecule has 2 aliphatic rings. The molecule has 1 aromatic carbocycles. The van der Waals surface area contributed by atoms with E-state index in [1.165, 1.54) is 6.07 Å². The molecule has 12 nitrogen and oxygen atoms in total. The molecule has 16 heteroatoms. The van der Waals surface area contributed by atoms with E-state index in [-0.39, 0.29) is 42.3 Å². The topological polar surface area (TPSA) is 169 Å². The highest BCUT2D eigenvalue weighted by Crippen LogP contribution is 2.34. The third-order valence-corrected chi connectivity index (χ3v) is 8.96. The van der Waals surface area contributed by atoms with Crippen molar-refractivity contribution in [1.29, 1.82) is 5.26 Å². The van der Waals surface area contributed by atoms with Crippen molar-refractivity contribution in [3.05, 3.63) is 47.3 Å². The summed E-state index contributed by atoms with van der Waals surface area (Å²) in [6, 6.07) is 9.94. The van der Waals surface area contributed by atoms with Gasteiger partial charge in [-0.15, -0.1) is 0 Å². The Morgan fingerprint density at radius 3 is 2.37 bits per heavy atom. The zero-order valence-corrected chi connectivity index (χ0v) is 26.1. The number of alkyl halides is 3. The fraction of sp³-hybridized carbons (Fsp3) is 0.567. The molecule has 1 aromatic heterocycles. The molecule has 0 unspecified atom stereocenters. The highest BCUT2D eigenvalue weighted by molar-refractivity contribution is 7.85. The zero-order chi connectivity index (χ0) is 33.3. The number of amides is 2. The van der Waals surface area contributed by atoms with Crippen LogP contribution in [0.15, 0.2) is 30.3 Å². The number of carbonyl (C=O) groups is 2.